The summed E-state index contributed by atoms with van der Waals surface area (Å²) in [5, 5.41) is 6.15. The molecule has 1 heterocycles. The molecule has 0 aliphatic heterocycles. The maximum Gasteiger partial charge on any atom is 0.238 e. The van der Waals surface area contributed by atoms with E-state index >= 15 is 0 Å². The summed E-state index contributed by atoms with van der Waals surface area (Å²) in [4.78, 5) is 14.6. The van der Waals surface area contributed by atoms with Gasteiger partial charge in [-0.3, -0.25) is 4.79 Å². The molecule has 21 heavy (non-hydrogen) atoms. The van der Waals surface area contributed by atoms with E-state index in [0.717, 1.165) is 16.6 Å². The average Bonchev–Trinajstić information content (AvgIpc) is 2.84. The number of halogens is 1. The molecule has 0 aliphatic carbocycles. The number of rotatable bonds is 6. The van der Waals surface area contributed by atoms with Crippen LogP contribution in [0, 0.1) is 6.92 Å². The Balaban J connectivity index is 1.77. The average molecular weight is 367 g/mol. The molecule has 112 valence electrons. The molecule has 0 aliphatic rings. The predicted molar refractivity (Wildman–Crippen MR) is 93.0 cm³/mol. The van der Waals surface area contributed by atoms with Gasteiger partial charge < -0.3 is 10.6 Å². The lowest BCUT2D eigenvalue weighted by atomic mass is 10.2. The normalized spacial score (nSPS) is 12.1. The van der Waals surface area contributed by atoms with Crippen LogP contribution >= 0.6 is 27.3 Å². The Morgan fingerprint density at radius 3 is 2.71 bits per heavy atom. The molecule has 1 amide bonds. The molecule has 0 radical (unpaired) electrons. The zero-order valence-electron chi connectivity index (χ0n) is 12.2. The number of anilines is 1. The van der Waals surface area contributed by atoms with Crippen LogP contribution in [0.5, 0.6) is 0 Å². The minimum absolute atomic E-state index is 0.0314. The highest BCUT2D eigenvalue weighted by molar-refractivity contribution is 9.10. The highest BCUT2D eigenvalue weighted by Crippen LogP contribution is 2.21. The largest absolute Gasteiger partial charge is 0.324 e. The molecule has 3 nitrogen and oxygen atoms in total. The van der Waals surface area contributed by atoms with Crippen LogP contribution < -0.4 is 10.6 Å². The third-order valence-corrected chi connectivity index (χ3v) is 4.78. The smallest absolute Gasteiger partial charge is 0.238 e. The zero-order chi connectivity index (χ0) is 15.2. The molecule has 0 saturated heterocycles. The second-order valence-corrected chi connectivity index (χ2v) is 7.25. The summed E-state index contributed by atoms with van der Waals surface area (Å²) in [7, 11) is 0. The van der Waals surface area contributed by atoms with E-state index in [1.165, 1.54) is 9.75 Å². The standard InChI is InChI=1S/C16H19BrN2OS/c1-11(9-13-8-7-12(2)21-13)18-10-16(20)19-15-6-4-3-5-14(15)17/h3-8,11,18H,9-10H2,1-2H3,(H,19,20). The van der Waals surface area contributed by atoms with Crippen LogP contribution in [-0.2, 0) is 11.2 Å². The predicted octanol–water partition coefficient (Wildman–Crippen LogP) is 3.98. The van der Waals surface area contributed by atoms with E-state index in [4.69, 9.17) is 0 Å². The Hall–Kier alpha value is -1.17. The molecular formula is C16H19BrN2OS. The Morgan fingerprint density at radius 2 is 2.05 bits per heavy atom. The molecule has 5 heteroatoms. The molecule has 1 aromatic carbocycles. The van der Waals surface area contributed by atoms with Crippen LogP contribution in [0.1, 0.15) is 16.7 Å². The molecule has 2 N–H and O–H groups in total. The molecule has 1 unspecified atom stereocenters. The van der Waals surface area contributed by atoms with E-state index in [-0.39, 0.29) is 11.9 Å². The molecule has 1 aromatic heterocycles. The molecule has 0 fully saturated rings. The van der Waals surface area contributed by atoms with Crippen molar-refractivity contribution < 1.29 is 4.79 Å². The van der Waals surface area contributed by atoms with Crippen LogP contribution in [0.25, 0.3) is 0 Å². The summed E-state index contributed by atoms with van der Waals surface area (Å²) in [5.74, 6) is -0.0314. The van der Waals surface area contributed by atoms with Gasteiger partial charge in [-0.15, -0.1) is 11.3 Å². The Labute approximate surface area is 137 Å². The summed E-state index contributed by atoms with van der Waals surface area (Å²) in [6, 6.07) is 12.2. The monoisotopic (exact) mass is 366 g/mol. The fourth-order valence-electron chi connectivity index (χ4n) is 1.99. The van der Waals surface area contributed by atoms with Gasteiger partial charge in [-0.2, -0.15) is 0 Å². The summed E-state index contributed by atoms with van der Waals surface area (Å²) in [6.45, 7) is 4.52. The van der Waals surface area contributed by atoms with Crippen molar-refractivity contribution in [1.29, 1.82) is 0 Å². The SMILES string of the molecule is Cc1ccc(CC(C)NCC(=O)Nc2ccccc2Br)s1. The Bertz CT molecular complexity index is 612. The first-order chi connectivity index (χ1) is 10.0. The quantitative estimate of drug-likeness (QED) is 0.811. The van der Waals surface area contributed by atoms with Gasteiger partial charge in [-0.25, -0.2) is 0 Å². The number of nitrogens with one attached hydrogen (secondary N) is 2. The van der Waals surface area contributed by atoms with Gasteiger partial charge in [0.15, 0.2) is 0 Å². The molecule has 2 rings (SSSR count). The number of amides is 1. The molecule has 2 aromatic rings. The summed E-state index contributed by atoms with van der Waals surface area (Å²) < 4.78 is 0.889. The van der Waals surface area contributed by atoms with Crippen LogP contribution in [-0.4, -0.2) is 18.5 Å². The lowest BCUT2D eigenvalue weighted by Crippen LogP contribution is -2.35. The third-order valence-electron chi connectivity index (χ3n) is 3.06. The van der Waals surface area contributed by atoms with Crippen molar-refractivity contribution >= 4 is 38.9 Å². The van der Waals surface area contributed by atoms with E-state index in [0.29, 0.717) is 6.54 Å². The van der Waals surface area contributed by atoms with Crippen molar-refractivity contribution in [1.82, 2.24) is 5.32 Å². The summed E-state index contributed by atoms with van der Waals surface area (Å²) >= 11 is 5.23. The number of thiophene rings is 1. The minimum Gasteiger partial charge on any atom is -0.324 e. The number of carbonyl (C=O) groups excluding carboxylic acids is 1. The second kappa shape index (κ2) is 7.73. The fraction of sp³-hybridized carbons (Fsp3) is 0.312. The van der Waals surface area contributed by atoms with Gasteiger partial charge >= 0.3 is 0 Å². The highest BCUT2D eigenvalue weighted by atomic mass is 79.9. The number of para-hydroxylation sites is 1. The maximum atomic E-state index is 11.9. The summed E-state index contributed by atoms with van der Waals surface area (Å²) in [5.41, 5.74) is 0.797. The van der Waals surface area contributed by atoms with Crippen molar-refractivity contribution in [3.05, 3.63) is 50.6 Å². The lowest BCUT2D eigenvalue weighted by Gasteiger charge is -2.13. The second-order valence-electron chi connectivity index (χ2n) is 5.03. The first-order valence-electron chi connectivity index (χ1n) is 6.87. The van der Waals surface area contributed by atoms with E-state index in [2.05, 4.69) is 52.5 Å². The van der Waals surface area contributed by atoms with E-state index in [1.807, 2.05) is 35.6 Å². The van der Waals surface area contributed by atoms with Crippen molar-refractivity contribution in [2.75, 3.05) is 11.9 Å². The van der Waals surface area contributed by atoms with Crippen LogP contribution in [0.4, 0.5) is 5.69 Å². The van der Waals surface area contributed by atoms with Gasteiger partial charge in [0.2, 0.25) is 5.91 Å². The first-order valence-corrected chi connectivity index (χ1v) is 8.48. The minimum atomic E-state index is -0.0314. The van der Waals surface area contributed by atoms with Crippen molar-refractivity contribution in [2.24, 2.45) is 0 Å². The molecule has 0 spiro atoms. The number of benzene rings is 1. The summed E-state index contributed by atoms with van der Waals surface area (Å²) in [6.07, 6.45) is 0.945. The van der Waals surface area contributed by atoms with Gasteiger partial charge in [-0.1, -0.05) is 12.1 Å². The van der Waals surface area contributed by atoms with Gasteiger partial charge in [0.1, 0.15) is 0 Å². The van der Waals surface area contributed by atoms with Gasteiger partial charge in [-0.05, 0) is 60.5 Å². The number of hydrogen-bond donors (Lipinski definition) is 2. The molecule has 0 bridgehead atoms. The Morgan fingerprint density at radius 1 is 1.29 bits per heavy atom. The van der Waals surface area contributed by atoms with Crippen molar-refractivity contribution in [3.8, 4) is 0 Å². The topological polar surface area (TPSA) is 41.1 Å². The van der Waals surface area contributed by atoms with Gasteiger partial charge in [0.05, 0.1) is 12.2 Å². The third kappa shape index (κ3) is 5.26. The van der Waals surface area contributed by atoms with Gasteiger partial charge in [0.25, 0.3) is 0 Å². The first kappa shape index (κ1) is 16.2. The molecule has 0 saturated carbocycles. The van der Waals surface area contributed by atoms with Crippen molar-refractivity contribution in [2.45, 2.75) is 26.3 Å². The van der Waals surface area contributed by atoms with E-state index < -0.39 is 0 Å². The highest BCUT2D eigenvalue weighted by Gasteiger charge is 2.09. The lowest BCUT2D eigenvalue weighted by molar-refractivity contribution is -0.115. The maximum absolute atomic E-state index is 11.9. The fourth-order valence-corrected chi connectivity index (χ4v) is 3.40. The number of carbonyl (C=O) groups is 1. The van der Waals surface area contributed by atoms with E-state index in [9.17, 15) is 4.79 Å². The Kier molecular flexibility index (Phi) is 5.96. The van der Waals surface area contributed by atoms with Crippen molar-refractivity contribution in [3.63, 3.8) is 0 Å². The molecule has 1 atom stereocenters. The van der Waals surface area contributed by atoms with Gasteiger partial charge in [0, 0.05) is 20.3 Å². The zero-order valence-corrected chi connectivity index (χ0v) is 14.6. The number of hydrogen-bond acceptors (Lipinski definition) is 3. The molecular weight excluding hydrogens is 348 g/mol. The van der Waals surface area contributed by atoms with Crippen LogP contribution in [0.15, 0.2) is 40.9 Å². The van der Waals surface area contributed by atoms with Crippen LogP contribution in [0.2, 0.25) is 0 Å². The van der Waals surface area contributed by atoms with Crippen LogP contribution in [0.3, 0.4) is 0 Å². The number of aryl methyl sites for hydroxylation is 1. The van der Waals surface area contributed by atoms with E-state index in [1.54, 1.807) is 0 Å².